The van der Waals surface area contributed by atoms with Crippen LogP contribution in [0.15, 0.2) is 10.6 Å². The molecule has 0 saturated carbocycles. The van der Waals surface area contributed by atoms with E-state index in [1.54, 1.807) is 4.52 Å². The molecule has 0 N–H and O–H groups in total. The number of nitrogens with zero attached hydrogens (tertiary/aromatic N) is 5. The van der Waals surface area contributed by atoms with Gasteiger partial charge >= 0.3 is 0 Å². The Labute approximate surface area is 108 Å². The smallest absolute Gasteiger partial charge is 0.235 e. The van der Waals surface area contributed by atoms with Crippen LogP contribution in [0.4, 0.5) is 0 Å². The second-order valence-corrected chi connectivity index (χ2v) is 5.58. The van der Waals surface area contributed by atoms with Gasteiger partial charge < -0.3 is 4.52 Å². The lowest BCUT2D eigenvalue weighted by Crippen LogP contribution is -1.91. The van der Waals surface area contributed by atoms with Crippen molar-refractivity contribution in [2.75, 3.05) is 0 Å². The summed E-state index contributed by atoms with van der Waals surface area (Å²) < 4.78 is 7.02. The maximum absolute atomic E-state index is 5.30. The lowest BCUT2D eigenvalue weighted by molar-refractivity contribution is 0.370. The standard InChI is InChI=1S/C11H13N5OS/c1-6(2)4-8-5-9(15-17-8)10-14-16-7(3)12-13-11(16)18-10/h5-6H,4H2,1-3H3. The van der Waals surface area contributed by atoms with Gasteiger partial charge in [0.15, 0.2) is 10.8 Å². The molecule has 0 aliphatic carbocycles. The van der Waals surface area contributed by atoms with Crippen LogP contribution in [-0.4, -0.2) is 25.0 Å². The molecule has 0 atom stereocenters. The van der Waals surface area contributed by atoms with Crippen molar-refractivity contribution in [2.45, 2.75) is 27.2 Å². The second-order valence-electron chi connectivity index (χ2n) is 4.63. The van der Waals surface area contributed by atoms with Crippen molar-refractivity contribution >= 4 is 16.3 Å². The number of rotatable bonds is 3. The molecule has 0 radical (unpaired) electrons. The fraction of sp³-hybridized carbons (Fsp3) is 0.455. The summed E-state index contributed by atoms with van der Waals surface area (Å²) in [6.07, 6.45) is 0.885. The molecule has 3 aromatic rings. The first-order chi connectivity index (χ1) is 8.63. The van der Waals surface area contributed by atoms with Crippen LogP contribution in [0.2, 0.25) is 0 Å². The van der Waals surface area contributed by atoms with Gasteiger partial charge in [0.1, 0.15) is 11.5 Å². The van der Waals surface area contributed by atoms with E-state index >= 15 is 0 Å². The van der Waals surface area contributed by atoms with E-state index < -0.39 is 0 Å². The van der Waals surface area contributed by atoms with Gasteiger partial charge in [0.2, 0.25) is 4.96 Å². The van der Waals surface area contributed by atoms with Crippen LogP contribution in [0, 0.1) is 12.8 Å². The first-order valence-electron chi connectivity index (χ1n) is 5.78. The summed E-state index contributed by atoms with van der Waals surface area (Å²) in [6.45, 7) is 6.17. The highest BCUT2D eigenvalue weighted by atomic mass is 32.1. The molecular weight excluding hydrogens is 250 g/mol. The first kappa shape index (κ1) is 11.3. The molecule has 0 aromatic carbocycles. The molecule has 0 bridgehead atoms. The van der Waals surface area contributed by atoms with Gasteiger partial charge in [-0.1, -0.05) is 30.3 Å². The fourth-order valence-corrected chi connectivity index (χ4v) is 2.57. The van der Waals surface area contributed by atoms with Crippen molar-refractivity contribution in [1.29, 1.82) is 0 Å². The van der Waals surface area contributed by atoms with E-state index in [9.17, 15) is 0 Å². The number of fused-ring (bicyclic) bond motifs is 1. The average Bonchev–Trinajstić information content (AvgIpc) is 2.95. The Morgan fingerprint density at radius 2 is 2.22 bits per heavy atom. The first-order valence-corrected chi connectivity index (χ1v) is 6.60. The van der Waals surface area contributed by atoms with Gasteiger partial charge in [0.05, 0.1) is 0 Å². The number of hydrogen-bond donors (Lipinski definition) is 0. The number of hydrogen-bond acceptors (Lipinski definition) is 6. The monoisotopic (exact) mass is 263 g/mol. The Morgan fingerprint density at radius 3 is 2.94 bits per heavy atom. The minimum absolute atomic E-state index is 0.547. The zero-order valence-electron chi connectivity index (χ0n) is 10.4. The van der Waals surface area contributed by atoms with Crippen molar-refractivity contribution in [3.05, 3.63) is 17.7 Å². The van der Waals surface area contributed by atoms with Gasteiger partial charge in [-0.3, -0.25) is 0 Å². The summed E-state index contributed by atoms with van der Waals surface area (Å²) in [7, 11) is 0. The zero-order valence-corrected chi connectivity index (χ0v) is 11.2. The summed E-state index contributed by atoms with van der Waals surface area (Å²) in [5.41, 5.74) is 0.764. The van der Waals surface area contributed by atoms with Gasteiger partial charge in [0, 0.05) is 12.5 Å². The maximum atomic E-state index is 5.30. The number of aromatic nitrogens is 5. The topological polar surface area (TPSA) is 69.1 Å². The molecule has 0 aliphatic rings. The molecule has 0 fully saturated rings. The van der Waals surface area contributed by atoms with Crippen LogP contribution in [0.3, 0.4) is 0 Å². The van der Waals surface area contributed by atoms with Gasteiger partial charge in [-0.05, 0) is 12.8 Å². The molecule has 0 spiro atoms. The predicted octanol–water partition coefficient (Wildman–Crippen LogP) is 2.35. The molecule has 6 nitrogen and oxygen atoms in total. The molecule has 0 aliphatic heterocycles. The van der Waals surface area contributed by atoms with E-state index in [2.05, 4.69) is 34.3 Å². The minimum Gasteiger partial charge on any atom is -0.361 e. The Kier molecular flexibility index (Phi) is 2.62. The molecule has 0 saturated heterocycles. The molecule has 3 rings (SSSR count). The van der Waals surface area contributed by atoms with E-state index in [-0.39, 0.29) is 0 Å². The SMILES string of the molecule is Cc1nnc2sc(-c3cc(CC(C)C)on3)nn12. The predicted molar refractivity (Wildman–Crippen MR) is 67.4 cm³/mol. The van der Waals surface area contributed by atoms with Crippen LogP contribution >= 0.6 is 11.3 Å². The van der Waals surface area contributed by atoms with Gasteiger partial charge in [-0.25, -0.2) is 0 Å². The third-order valence-corrected chi connectivity index (χ3v) is 3.46. The van der Waals surface area contributed by atoms with Gasteiger partial charge in [-0.2, -0.15) is 9.61 Å². The fourth-order valence-electron chi connectivity index (χ4n) is 1.73. The van der Waals surface area contributed by atoms with Crippen molar-refractivity contribution in [3.8, 4) is 10.7 Å². The molecule has 94 valence electrons. The molecule has 3 heterocycles. The highest BCUT2D eigenvalue weighted by Gasteiger charge is 2.14. The quantitative estimate of drug-likeness (QED) is 0.725. The second kappa shape index (κ2) is 4.16. The Balaban J connectivity index is 1.96. The minimum atomic E-state index is 0.547. The van der Waals surface area contributed by atoms with Crippen LogP contribution in [-0.2, 0) is 6.42 Å². The van der Waals surface area contributed by atoms with Gasteiger partial charge in [-0.15, -0.1) is 10.2 Å². The molecule has 3 aromatic heterocycles. The highest BCUT2D eigenvalue weighted by molar-refractivity contribution is 7.19. The van der Waals surface area contributed by atoms with Crippen LogP contribution in [0.25, 0.3) is 15.7 Å². The lowest BCUT2D eigenvalue weighted by atomic mass is 10.1. The van der Waals surface area contributed by atoms with Gasteiger partial charge in [0.25, 0.3) is 0 Å². The average molecular weight is 263 g/mol. The largest absolute Gasteiger partial charge is 0.361 e. The summed E-state index contributed by atoms with van der Waals surface area (Å²) in [6, 6.07) is 1.95. The van der Waals surface area contributed by atoms with Crippen LogP contribution in [0.1, 0.15) is 25.4 Å². The Bertz CT molecular complexity index is 681. The third-order valence-electron chi connectivity index (χ3n) is 2.53. The lowest BCUT2D eigenvalue weighted by Gasteiger charge is -1.96. The van der Waals surface area contributed by atoms with Crippen LogP contribution in [0.5, 0.6) is 0 Å². The summed E-state index contributed by atoms with van der Waals surface area (Å²) >= 11 is 1.46. The Hall–Kier alpha value is -1.76. The number of aryl methyl sites for hydroxylation is 1. The highest BCUT2D eigenvalue weighted by Crippen LogP contribution is 2.25. The maximum Gasteiger partial charge on any atom is 0.235 e. The summed E-state index contributed by atoms with van der Waals surface area (Å²) in [4.78, 5) is 0.774. The van der Waals surface area contributed by atoms with E-state index in [0.717, 1.165) is 33.7 Å². The van der Waals surface area contributed by atoms with Crippen molar-refractivity contribution in [2.24, 2.45) is 5.92 Å². The molecule has 0 amide bonds. The zero-order chi connectivity index (χ0) is 12.7. The molecule has 7 heteroatoms. The van der Waals surface area contributed by atoms with E-state index in [1.165, 1.54) is 11.3 Å². The van der Waals surface area contributed by atoms with Crippen molar-refractivity contribution in [1.82, 2.24) is 25.0 Å². The van der Waals surface area contributed by atoms with E-state index in [1.807, 2.05) is 13.0 Å². The Morgan fingerprint density at radius 1 is 1.39 bits per heavy atom. The van der Waals surface area contributed by atoms with Crippen LogP contribution < -0.4 is 0 Å². The third kappa shape index (κ3) is 1.90. The normalized spacial score (nSPS) is 11.8. The summed E-state index contributed by atoms with van der Waals surface area (Å²) in [5.74, 6) is 2.21. The molecular formula is C11H13N5OS. The molecule has 18 heavy (non-hydrogen) atoms. The summed E-state index contributed by atoms with van der Waals surface area (Å²) in [5, 5.41) is 17.3. The van der Waals surface area contributed by atoms with E-state index in [4.69, 9.17) is 4.52 Å². The van der Waals surface area contributed by atoms with Crippen molar-refractivity contribution < 1.29 is 4.52 Å². The van der Waals surface area contributed by atoms with Crippen molar-refractivity contribution in [3.63, 3.8) is 0 Å². The molecule has 0 unspecified atom stereocenters. The van der Waals surface area contributed by atoms with E-state index in [0.29, 0.717) is 5.92 Å².